The number of aryl methyl sites for hydroxylation is 6. The number of thiocarbonyl (C=S) groups is 1. The number of carboxylic acid groups (broad SMARTS) is 1. The predicted molar refractivity (Wildman–Crippen MR) is 381 cm³/mol. The van der Waals surface area contributed by atoms with Gasteiger partial charge in [0.2, 0.25) is 11.8 Å². The number of nitrogens with zero attached hydrogens (tertiary/aromatic N) is 7. The van der Waals surface area contributed by atoms with Crippen LogP contribution in [0, 0.1) is 0 Å². The van der Waals surface area contributed by atoms with Crippen molar-refractivity contribution in [1.82, 2.24) is 48.3 Å². The molecule has 0 saturated carbocycles. The van der Waals surface area contributed by atoms with Crippen molar-refractivity contribution in [3.63, 3.8) is 0 Å². The van der Waals surface area contributed by atoms with Gasteiger partial charge in [-0.3, -0.25) is 43.2 Å². The molecule has 1 aliphatic carbocycles. The monoisotopic (exact) mass is 1380 g/mol. The van der Waals surface area contributed by atoms with E-state index in [1.165, 1.54) is 86.5 Å². The summed E-state index contributed by atoms with van der Waals surface area (Å²) < 4.78 is 15.2. The normalized spacial score (nSPS) is 11.1. The molecule has 6 aromatic heterocycles. The van der Waals surface area contributed by atoms with Crippen molar-refractivity contribution >= 4 is 121 Å². The first kappa shape index (κ1) is 70.3. The summed E-state index contributed by atoms with van der Waals surface area (Å²) in [6.45, 7) is 1.54. The van der Waals surface area contributed by atoms with E-state index in [2.05, 4.69) is 53.2 Å². The Morgan fingerprint density at radius 3 is 1.32 bits per heavy atom. The van der Waals surface area contributed by atoms with Crippen LogP contribution in [0.25, 0.3) is 33.4 Å². The molecular weight excluding hydrogens is 1310 g/mol. The van der Waals surface area contributed by atoms with Gasteiger partial charge in [-0.05, 0) is 130 Å². The number of hydrogen-bond donors (Lipinski definition) is 12. The van der Waals surface area contributed by atoms with Crippen molar-refractivity contribution in [3.8, 4) is 28.2 Å². The molecule has 518 valence electrons. The second-order valence-corrected chi connectivity index (χ2v) is 24.5. The van der Waals surface area contributed by atoms with Crippen LogP contribution in [0.4, 0.5) is 39.8 Å². The largest absolute Gasteiger partial charge is 0.508 e. The lowest BCUT2D eigenvalue weighted by molar-refractivity contribution is -0.117. The molecule has 10 rings (SSSR count). The number of amides is 8. The molecule has 31 heteroatoms. The first-order valence-corrected chi connectivity index (χ1v) is 31.7. The molecule has 12 N–H and O–H groups in total. The van der Waals surface area contributed by atoms with Crippen LogP contribution >= 0.6 is 12.2 Å². The fraction of sp³-hybridized carbons (Fsp3) is 0.232. The van der Waals surface area contributed by atoms with Crippen LogP contribution in [0.5, 0.6) is 5.75 Å². The zero-order chi connectivity index (χ0) is 71.8. The number of carboxylic acids is 1. The summed E-state index contributed by atoms with van der Waals surface area (Å²) in [5.74, 6) is -4.61. The first-order valence-electron chi connectivity index (χ1n) is 31.3. The number of fused-ring (bicyclic) bond motifs is 2. The van der Waals surface area contributed by atoms with Crippen molar-refractivity contribution in [2.45, 2.75) is 25.7 Å². The van der Waals surface area contributed by atoms with Crippen LogP contribution in [0.3, 0.4) is 0 Å². The Morgan fingerprint density at radius 2 is 0.870 bits per heavy atom. The maximum atomic E-state index is 13.6. The van der Waals surface area contributed by atoms with E-state index < -0.39 is 41.4 Å². The van der Waals surface area contributed by atoms with Crippen LogP contribution in [0.15, 0.2) is 137 Å². The van der Waals surface area contributed by atoms with Crippen molar-refractivity contribution < 1.29 is 57.8 Å². The summed E-state index contributed by atoms with van der Waals surface area (Å²) in [4.78, 5) is 133. The number of aromatic nitrogens is 6. The van der Waals surface area contributed by atoms with Crippen LogP contribution in [0.1, 0.15) is 99.0 Å². The minimum absolute atomic E-state index is 0.0322. The quantitative estimate of drug-likeness (QED) is 0.0145. The second kappa shape index (κ2) is 30.3. The molecule has 0 unspecified atom stereocenters. The van der Waals surface area contributed by atoms with Crippen molar-refractivity contribution in [2.75, 3.05) is 77.5 Å². The highest BCUT2D eigenvalue weighted by Crippen LogP contribution is 2.43. The Hall–Kier alpha value is -12.5. The summed E-state index contributed by atoms with van der Waals surface area (Å²) in [6, 6.07) is 22.2. The molecule has 0 saturated heterocycles. The summed E-state index contributed by atoms with van der Waals surface area (Å²) >= 11 is 5.47. The summed E-state index contributed by atoms with van der Waals surface area (Å²) in [5, 5.41) is 49.5. The molecule has 2 aliphatic rings. The number of rotatable bonds is 26. The van der Waals surface area contributed by atoms with E-state index in [-0.39, 0.29) is 100 Å². The third-order valence-corrected chi connectivity index (χ3v) is 16.3. The molecule has 0 fully saturated rings. The number of carbonyl (C=O) groups is 9. The van der Waals surface area contributed by atoms with Gasteiger partial charge in [0.25, 0.3) is 35.4 Å². The summed E-state index contributed by atoms with van der Waals surface area (Å²) in [5.41, 5.74) is 4.93. The molecule has 0 atom stereocenters. The van der Waals surface area contributed by atoms with Gasteiger partial charge in [-0.15, -0.1) is 0 Å². The van der Waals surface area contributed by atoms with E-state index in [1.807, 2.05) is 19.0 Å². The standard InChI is InChI=1S/C69H73N17O13S/c1-80(2)22-10-20-71-63(92)52-27-42(35-82(52)4)76-67(96)56-28-43(36-85(56)7)77-64(93)53-24-39(32-83(53)5)73-59(89)11-9-19-70-62(91)51-26-41(34-81(51)3)75-66(95)55-29-44(37-86(55)8)78-65(94)54-25-40(33-84(54)6)74-60(90)18-21-72-69(100)79-38-12-15-47(49(23-38)68(97)98)61-48-16-13-46(88)31-58(48)99-57-17-14-45(87)30-50(57)61/h12-17,23-37,87H,9-11,18-22H2,1-8H3,(H,70,91)(H,71,92)(H,73,89)(H,74,90)(H,75,95)(H,76,96)(H,77,93)(H,78,94)(H,97,98)(H2,72,79,100). The highest BCUT2D eigenvalue weighted by Gasteiger charge is 2.25. The lowest BCUT2D eigenvalue weighted by Gasteiger charge is -2.18. The van der Waals surface area contributed by atoms with Crippen LogP contribution < -0.4 is 58.6 Å². The van der Waals surface area contributed by atoms with E-state index >= 15 is 0 Å². The van der Waals surface area contributed by atoms with E-state index in [1.54, 1.807) is 111 Å². The van der Waals surface area contributed by atoms with E-state index in [0.29, 0.717) is 79.7 Å². The van der Waals surface area contributed by atoms with Gasteiger partial charge in [0.1, 0.15) is 51.3 Å². The van der Waals surface area contributed by atoms with Gasteiger partial charge in [0.05, 0.1) is 39.7 Å². The van der Waals surface area contributed by atoms with Gasteiger partial charge in [-0.25, -0.2) is 4.79 Å². The number of nitrogens with one attached hydrogen (secondary N) is 10. The van der Waals surface area contributed by atoms with Gasteiger partial charge >= 0.3 is 5.97 Å². The number of phenols is 1. The predicted octanol–water partition coefficient (Wildman–Crippen LogP) is 7.15. The lowest BCUT2D eigenvalue weighted by Crippen LogP contribution is -2.31. The number of anilines is 7. The molecule has 100 heavy (non-hydrogen) atoms. The third-order valence-electron chi connectivity index (χ3n) is 16.0. The molecule has 8 aromatic rings. The molecule has 8 amide bonds. The minimum atomic E-state index is -1.25. The molecule has 0 spiro atoms. The van der Waals surface area contributed by atoms with Gasteiger partial charge in [0, 0.05) is 140 Å². The summed E-state index contributed by atoms with van der Waals surface area (Å²) in [6.07, 6.45) is 10.5. The number of hydrogen-bond acceptors (Lipinski definition) is 14. The Balaban J connectivity index is 0.637. The smallest absolute Gasteiger partial charge is 0.336 e. The first-order chi connectivity index (χ1) is 47.6. The highest BCUT2D eigenvalue weighted by atomic mass is 32.1. The molecule has 0 radical (unpaired) electrons. The molecular formula is C69H73N17O13S. The number of phenolic OH excluding ortho intramolecular Hbond substituents is 1. The van der Waals surface area contributed by atoms with Crippen molar-refractivity contribution in [3.05, 3.63) is 178 Å². The average Bonchev–Trinajstić information content (AvgIpc) is 1.29. The fourth-order valence-corrected chi connectivity index (χ4v) is 11.5. The second-order valence-electron chi connectivity index (χ2n) is 24.0. The number of benzene rings is 3. The van der Waals surface area contributed by atoms with Crippen molar-refractivity contribution in [2.24, 2.45) is 42.3 Å². The average molecular weight is 1380 g/mol. The number of aromatic carboxylic acids is 1. The van der Waals surface area contributed by atoms with E-state index in [4.69, 9.17) is 16.6 Å². The molecule has 0 bridgehead atoms. The van der Waals surface area contributed by atoms with Gasteiger partial charge < -0.3 is 100 Å². The summed E-state index contributed by atoms with van der Waals surface area (Å²) in [7, 11) is 13.8. The molecule has 30 nitrogen and oxygen atoms in total. The Bertz CT molecular complexity index is 4920. The van der Waals surface area contributed by atoms with E-state index in [9.17, 15) is 58.2 Å². The van der Waals surface area contributed by atoms with Gasteiger partial charge in [-0.1, -0.05) is 6.07 Å². The van der Waals surface area contributed by atoms with Crippen LogP contribution in [-0.4, -0.2) is 141 Å². The third kappa shape index (κ3) is 16.8. The maximum Gasteiger partial charge on any atom is 0.336 e. The molecule has 1 aliphatic heterocycles. The highest BCUT2D eigenvalue weighted by molar-refractivity contribution is 7.80. The molecule has 7 heterocycles. The molecule has 2 aromatic carbocycles. The minimum Gasteiger partial charge on any atom is -0.508 e. The van der Waals surface area contributed by atoms with Crippen LogP contribution in [-0.2, 0) is 51.9 Å². The SMILES string of the molecule is CN(C)CCCNC(=O)c1cc(NC(=O)c2cc(NC(=O)c3cc(NC(=O)CCCNC(=O)c4cc(NC(=O)c5cc(NC(=O)c6cc(NC(=O)CCNC(=S)Nc7ccc(-c8c9ccc(=O)cc-9oc9ccc(O)cc89)c(C(=O)O)c7)cn6C)cn5C)cn4C)cn3C)cn2C)cn1C. The van der Waals surface area contributed by atoms with Crippen molar-refractivity contribution in [1.29, 1.82) is 0 Å². The maximum absolute atomic E-state index is 13.6. The zero-order valence-corrected chi connectivity index (χ0v) is 56.5. The lowest BCUT2D eigenvalue weighted by atomic mass is 9.90. The van der Waals surface area contributed by atoms with Crippen LogP contribution in [0.2, 0.25) is 0 Å². The fourth-order valence-electron chi connectivity index (χ4n) is 11.2. The van der Waals surface area contributed by atoms with Gasteiger partial charge in [0.15, 0.2) is 10.5 Å². The zero-order valence-electron chi connectivity index (χ0n) is 55.7. The Labute approximate surface area is 576 Å². The Kier molecular flexibility index (Phi) is 21.3. The Morgan fingerprint density at radius 1 is 0.450 bits per heavy atom. The number of carbonyl (C=O) groups excluding carboxylic acids is 8. The topological polar surface area (TPSA) is 377 Å². The van der Waals surface area contributed by atoms with Gasteiger partial charge in [-0.2, -0.15) is 0 Å². The number of aromatic hydroxyl groups is 1. The van der Waals surface area contributed by atoms with E-state index in [0.717, 1.165) is 13.0 Å².